The van der Waals surface area contributed by atoms with E-state index in [1.165, 1.54) is 5.56 Å². The van der Waals surface area contributed by atoms with Crippen LogP contribution in [-0.4, -0.2) is 35.2 Å². The van der Waals surface area contributed by atoms with Gasteiger partial charge in [0.1, 0.15) is 5.60 Å². The molecule has 1 N–H and O–H groups in total. The Balaban J connectivity index is 1.82. The molecule has 1 aliphatic heterocycles. The molecule has 1 saturated heterocycles. The van der Waals surface area contributed by atoms with Crippen LogP contribution in [0.3, 0.4) is 0 Å². The van der Waals surface area contributed by atoms with E-state index >= 15 is 0 Å². The first kappa shape index (κ1) is 18.3. The molecule has 1 fully saturated rings. The molecule has 0 unspecified atom stereocenters. The summed E-state index contributed by atoms with van der Waals surface area (Å²) in [5.74, 6) is 0. The fourth-order valence-electron chi connectivity index (χ4n) is 2.60. The van der Waals surface area contributed by atoms with Crippen molar-refractivity contribution < 1.29 is 9.53 Å². The number of hydrogen-bond acceptors (Lipinski definition) is 3. The monoisotopic (exact) mass is 382 g/mol. The van der Waals surface area contributed by atoms with Crippen LogP contribution in [-0.2, 0) is 11.3 Å². The second kappa shape index (κ2) is 7.22. The van der Waals surface area contributed by atoms with E-state index in [9.17, 15) is 4.79 Å². The zero-order valence-electron chi connectivity index (χ0n) is 14.5. The van der Waals surface area contributed by atoms with Gasteiger partial charge in [0, 0.05) is 29.6 Å². The normalized spacial score (nSPS) is 17.9. The van der Waals surface area contributed by atoms with E-state index in [-0.39, 0.29) is 11.6 Å². The van der Waals surface area contributed by atoms with Gasteiger partial charge in [-0.2, -0.15) is 0 Å². The molecule has 0 aliphatic carbocycles. The van der Waals surface area contributed by atoms with Crippen molar-refractivity contribution in [3.63, 3.8) is 0 Å². The Bertz CT molecular complexity index is 529. The number of rotatable bonds is 3. The minimum absolute atomic E-state index is 0.0611. The van der Waals surface area contributed by atoms with Crippen LogP contribution in [0.15, 0.2) is 28.7 Å². The van der Waals surface area contributed by atoms with Crippen molar-refractivity contribution in [2.24, 2.45) is 0 Å². The van der Waals surface area contributed by atoms with Gasteiger partial charge in [0.2, 0.25) is 0 Å². The van der Waals surface area contributed by atoms with Gasteiger partial charge in [0.05, 0.1) is 0 Å². The Labute approximate surface area is 147 Å². The lowest BCUT2D eigenvalue weighted by Crippen LogP contribution is -2.53. The molecule has 0 spiro atoms. The fourth-order valence-corrected chi connectivity index (χ4v) is 2.87. The third-order valence-electron chi connectivity index (χ3n) is 4.15. The SMILES string of the molecule is CC1(NCc2ccc(Br)cc2)CCN(C(=O)OC(C)(C)C)CC1. The van der Waals surface area contributed by atoms with Crippen molar-refractivity contribution in [3.05, 3.63) is 34.3 Å². The van der Waals surface area contributed by atoms with E-state index in [1.807, 2.05) is 25.7 Å². The molecule has 23 heavy (non-hydrogen) atoms. The van der Waals surface area contributed by atoms with Crippen molar-refractivity contribution in [1.82, 2.24) is 10.2 Å². The Morgan fingerprint density at radius 1 is 1.26 bits per heavy atom. The predicted octanol–water partition coefficient (Wildman–Crippen LogP) is 4.33. The van der Waals surface area contributed by atoms with E-state index in [0.717, 1.165) is 36.9 Å². The summed E-state index contributed by atoms with van der Waals surface area (Å²) in [6.07, 6.45) is 1.67. The lowest BCUT2D eigenvalue weighted by Gasteiger charge is -2.40. The molecule has 0 atom stereocenters. The molecule has 1 aromatic carbocycles. The smallest absolute Gasteiger partial charge is 0.410 e. The molecule has 5 heteroatoms. The molecule has 0 bridgehead atoms. The number of likely N-dealkylation sites (tertiary alicyclic amines) is 1. The first-order chi connectivity index (χ1) is 10.7. The van der Waals surface area contributed by atoms with Crippen LogP contribution in [0.1, 0.15) is 46.1 Å². The van der Waals surface area contributed by atoms with Gasteiger partial charge in [-0.05, 0) is 58.2 Å². The number of nitrogens with one attached hydrogen (secondary N) is 1. The molecule has 1 aromatic rings. The number of hydrogen-bond donors (Lipinski definition) is 1. The van der Waals surface area contributed by atoms with Gasteiger partial charge < -0.3 is 15.0 Å². The van der Waals surface area contributed by atoms with E-state index in [4.69, 9.17) is 4.74 Å². The van der Waals surface area contributed by atoms with Gasteiger partial charge >= 0.3 is 6.09 Å². The van der Waals surface area contributed by atoms with E-state index in [0.29, 0.717) is 0 Å². The largest absolute Gasteiger partial charge is 0.444 e. The maximum absolute atomic E-state index is 12.1. The third kappa shape index (κ3) is 5.81. The average molecular weight is 383 g/mol. The first-order valence-corrected chi connectivity index (χ1v) is 8.94. The van der Waals surface area contributed by atoms with Crippen molar-refractivity contribution in [2.75, 3.05) is 13.1 Å². The molecular formula is C18H27BrN2O2. The zero-order chi connectivity index (χ0) is 17.1. The molecule has 1 aliphatic rings. The summed E-state index contributed by atoms with van der Waals surface area (Å²) < 4.78 is 6.54. The van der Waals surface area contributed by atoms with Gasteiger partial charge in [-0.25, -0.2) is 4.79 Å². The van der Waals surface area contributed by atoms with Crippen LogP contribution in [0.2, 0.25) is 0 Å². The molecule has 0 saturated carbocycles. The molecule has 2 rings (SSSR count). The number of carbonyl (C=O) groups is 1. The third-order valence-corrected chi connectivity index (χ3v) is 4.68. The zero-order valence-corrected chi connectivity index (χ0v) is 16.1. The molecule has 4 nitrogen and oxygen atoms in total. The summed E-state index contributed by atoms with van der Waals surface area (Å²) in [5, 5.41) is 3.65. The Morgan fingerprint density at radius 2 is 1.83 bits per heavy atom. The van der Waals surface area contributed by atoms with Crippen LogP contribution in [0.25, 0.3) is 0 Å². The van der Waals surface area contributed by atoms with Gasteiger partial charge in [0.15, 0.2) is 0 Å². The Morgan fingerprint density at radius 3 is 2.35 bits per heavy atom. The lowest BCUT2D eigenvalue weighted by atomic mass is 9.89. The Kier molecular flexibility index (Phi) is 5.74. The highest BCUT2D eigenvalue weighted by atomic mass is 79.9. The number of nitrogens with zero attached hydrogens (tertiary/aromatic N) is 1. The van der Waals surface area contributed by atoms with Gasteiger partial charge in [-0.1, -0.05) is 28.1 Å². The summed E-state index contributed by atoms with van der Waals surface area (Å²) in [7, 11) is 0. The summed E-state index contributed by atoms with van der Waals surface area (Å²) in [4.78, 5) is 13.9. The fraction of sp³-hybridized carbons (Fsp3) is 0.611. The summed E-state index contributed by atoms with van der Waals surface area (Å²) in [5.41, 5.74) is 0.896. The van der Waals surface area contributed by atoms with Crippen LogP contribution in [0.5, 0.6) is 0 Å². The topological polar surface area (TPSA) is 41.6 Å². The maximum atomic E-state index is 12.1. The van der Waals surface area contributed by atoms with E-state index in [2.05, 4.69) is 52.4 Å². The molecule has 0 radical (unpaired) electrons. The lowest BCUT2D eigenvalue weighted by molar-refractivity contribution is 0.0157. The highest BCUT2D eigenvalue weighted by Crippen LogP contribution is 2.24. The molecular weight excluding hydrogens is 356 g/mol. The minimum Gasteiger partial charge on any atom is -0.444 e. The second-order valence-corrected chi connectivity index (χ2v) is 8.42. The first-order valence-electron chi connectivity index (χ1n) is 8.14. The summed E-state index contributed by atoms with van der Waals surface area (Å²) >= 11 is 3.45. The van der Waals surface area contributed by atoms with Gasteiger partial charge in [-0.15, -0.1) is 0 Å². The van der Waals surface area contributed by atoms with Crippen LogP contribution < -0.4 is 5.32 Å². The Hall–Kier alpha value is -1.07. The number of carbonyl (C=O) groups excluding carboxylic acids is 1. The molecule has 0 aromatic heterocycles. The molecule has 1 amide bonds. The molecule has 1 heterocycles. The van der Waals surface area contributed by atoms with Gasteiger partial charge in [-0.3, -0.25) is 0 Å². The minimum atomic E-state index is -0.433. The van der Waals surface area contributed by atoms with Crippen molar-refractivity contribution in [2.45, 2.75) is 58.2 Å². The van der Waals surface area contributed by atoms with Gasteiger partial charge in [0.25, 0.3) is 0 Å². The molecule has 128 valence electrons. The highest BCUT2D eigenvalue weighted by molar-refractivity contribution is 9.10. The number of piperidine rings is 1. The highest BCUT2D eigenvalue weighted by Gasteiger charge is 2.33. The van der Waals surface area contributed by atoms with Crippen molar-refractivity contribution in [3.8, 4) is 0 Å². The number of halogens is 1. The second-order valence-electron chi connectivity index (χ2n) is 7.51. The van der Waals surface area contributed by atoms with E-state index < -0.39 is 5.60 Å². The number of benzene rings is 1. The van der Waals surface area contributed by atoms with Crippen LogP contribution in [0.4, 0.5) is 4.79 Å². The maximum Gasteiger partial charge on any atom is 0.410 e. The predicted molar refractivity (Wildman–Crippen MR) is 96.4 cm³/mol. The van der Waals surface area contributed by atoms with Crippen molar-refractivity contribution >= 4 is 22.0 Å². The van der Waals surface area contributed by atoms with Crippen LogP contribution >= 0.6 is 15.9 Å². The summed E-state index contributed by atoms with van der Waals surface area (Å²) in [6, 6.07) is 8.36. The standard InChI is InChI=1S/C18H27BrN2O2/c1-17(2,3)23-16(22)21-11-9-18(4,10-12-21)20-13-14-5-7-15(19)8-6-14/h5-8,20H,9-13H2,1-4H3. The van der Waals surface area contributed by atoms with E-state index in [1.54, 1.807) is 0 Å². The van der Waals surface area contributed by atoms with Crippen molar-refractivity contribution in [1.29, 1.82) is 0 Å². The average Bonchev–Trinajstić information content (AvgIpc) is 2.46. The quantitative estimate of drug-likeness (QED) is 0.845. The van der Waals surface area contributed by atoms with Crippen LogP contribution in [0, 0.1) is 0 Å². The number of ether oxygens (including phenoxy) is 1. The summed E-state index contributed by atoms with van der Waals surface area (Å²) in [6.45, 7) is 10.3. The number of amides is 1.